The highest BCUT2D eigenvalue weighted by atomic mass is 16.5. The van der Waals surface area contributed by atoms with Crippen LogP contribution in [0.5, 0.6) is 0 Å². The molecule has 0 fully saturated rings. The highest BCUT2D eigenvalue weighted by Gasteiger charge is 2.24. The number of benzene rings is 1. The van der Waals surface area contributed by atoms with E-state index in [9.17, 15) is 10.0 Å². The summed E-state index contributed by atoms with van der Waals surface area (Å²) < 4.78 is 0.636. The Bertz CT molecular complexity index is 625. The number of hydrogen-bond acceptors (Lipinski definition) is 2. The summed E-state index contributed by atoms with van der Waals surface area (Å²) in [5.74, 6) is -0.202. The van der Waals surface area contributed by atoms with Gasteiger partial charge in [0.1, 0.15) is 5.56 Å². The first-order valence-electron chi connectivity index (χ1n) is 6.31. The van der Waals surface area contributed by atoms with Crippen LogP contribution >= 0.6 is 0 Å². The first-order chi connectivity index (χ1) is 9.24. The van der Waals surface area contributed by atoms with E-state index in [2.05, 4.69) is 11.4 Å². The Morgan fingerprint density at radius 3 is 2.95 bits per heavy atom. The number of hydrogen-bond donors (Lipinski definition) is 1. The molecule has 1 amide bonds. The quantitative estimate of drug-likeness (QED) is 0.655. The van der Waals surface area contributed by atoms with Crippen LogP contribution in [0.3, 0.4) is 0 Å². The Morgan fingerprint density at radius 2 is 2.11 bits per heavy atom. The van der Waals surface area contributed by atoms with E-state index in [1.54, 1.807) is 12.1 Å². The smallest absolute Gasteiger partial charge is 0.257 e. The number of pyridine rings is 1. The molecular weight excluding hydrogens is 240 g/mol. The highest BCUT2D eigenvalue weighted by Crippen LogP contribution is 2.30. The van der Waals surface area contributed by atoms with Crippen molar-refractivity contribution in [2.45, 2.75) is 18.9 Å². The first-order valence-corrected chi connectivity index (χ1v) is 6.31. The summed E-state index contributed by atoms with van der Waals surface area (Å²) in [5.41, 5.74) is 2.86. The summed E-state index contributed by atoms with van der Waals surface area (Å²) in [6.45, 7) is 0. The number of aromatic nitrogens is 1. The molecule has 1 aromatic carbocycles. The van der Waals surface area contributed by atoms with Crippen LogP contribution in [0.15, 0.2) is 48.8 Å². The van der Waals surface area contributed by atoms with Crippen LogP contribution in [-0.2, 0) is 6.42 Å². The molecule has 0 spiro atoms. The molecule has 1 N–H and O–H groups in total. The molecule has 0 saturated heterocycles. The predicted molar refractivity (Wildman–Crippen MR) is 70.4 cm³/mol. The fraction of sp³-hybridized carbons (Fsp3) is 0.200. The third-order valence-corrected chi connectivity index (χ3v) is 3.48. The molecule has 1 aliphatic rings. The second kappa shape index (κ2) is 4.72. The molecule has 3 rings (SSSR count). The molecule has 4 heteroatoms. The van der Waals surface area contributed by atoms with Gasteiger partial charge in [-0.2, -0.15) is 4.73 Å². The van der Waals surface area contributed by atoms with Crippen molar-refractivity contribution in [3.63, 3.8) is 0 Å². The zero-order valence-electron chi connectivity index (χ0n) is 10.4. The van der Waals surface area contributed by atoms with Crippen molar-refractivity contribution in [2.24, 2.45) is 0 Å². The maximum absolute atomic E-state index is 12.1. The fourth-order valence-electron chi connectivity index (χ4n) is 2.54. The summed E-state index contributed by atoms with van der Waals surface area (Å²) in [4.78, 5) is 12.1. The molecule has 1 heterocycles. The van der Waals surface area contributed by atoms with Crippen molar-refractivity contribution in [3.05, 3.63) is 70.7 Å². The van der Waals surface area contributed by atoms with Crippen LogP contribution in [-0.4, -0.2) is 5.91 Å². The number of nitrogens with zero attached hydrogens (tertiary/aromatic N) is 1. The van der Waals surface area contributed by atoms with Crippen molar-refractivity contribution in [1.29, 1.82) is 0 Å². The van der Waals surface area contributed by atoms with E-state index in [4.69, 9.17) is 0 Å². The zero-order valence-corrected chi connectivity index (χ0v) is 10.4. The fourth-order valence-corrected chi connectivity index (χ4v) is 2.54. The second-order valence-corrected chi connectivity index (χ2v) is 4.72. The van der Waals surface area contributed by atoms with E-state index < -0.39 is 0 Å². The van der Waals surface area contributed by atoms with E-state index in [0.29, 0.717) is 10.3 Å². The van der Waals surface area contributed by atoms with E-state index in [1.807, 2.05) is 18.2 Å². The van der Waals surface area contributed by atoms with Gasteiger partial charge in [0.2, 0.25) is 0 Å². The highest BCUT2D eigenvalue weighted by molar-refractivity contribution is 5.93. The molecule has 0 aliphatic heterocycles. The molecule has 1 atom stereocenters. The third kappa shape index (κ3) is 2.29. The Balaban J connectivity index is 1.78. The Kier molecular flexibility index (Phi) is 2.91. The lowest BCUT2D eigenvalue weighted by molar-refractivity contribution is -0.605. The predicted octanol–water partition coefficient (Wildman–Crippen LogP) is 1.74. The van der Waals surface area contributed by atoms with Gasteiger partial charge in [0, 0.05) is 6.07 Å². The molecule has 1 aromatic heterocycles. The first kappa shape index (κ1) is 11.7. The lowest BCUT2D eigenvalue weighted by Gasteiger charge is -2.13. The summed E-state index contributed by atoms with van der Waals surface area (Å²) in [7, 11) is 0. The number of fused-ring (bicyclic) bond motifs is 1. The minimum absolute atomic E-state index is 0.0454. The van der Waals surface area contributed by atoms with Gasteiger partial charge in [0.15, 0.2) is 12.4 Å². The van der Waals surface area contributed by atoms with Crippen molar-refractivity contribution in [3.8, 4) is 0 Å². The van der Waals surface area contributed by atoms with Crippen LogP contribution in [0.2, 0.25) is 0 Å². The Labute approximate surface area is 111 Å². The average Bonchev–Trinajstić information content (AvgIpc) is 2.82. The molecule has 96 valence electrons. The maximum atomic E-state index is 12.1. The molecule has 1 aliphatic carbocycles. The molecule has 2 aromatic rings. The molecule has 0 saturated carbocycles. The van der Waals surface area contributed by atoms with Gasteiger partial charge in [0.25, 0.3) is 5.91 Å². The number of amides is 1. The van der Waals surface area contributed by atoms with Gasteiger partial charge < -0.3 is 10.5 Å². The van der Waals surface area contributed by atoms with Gasteiger partial charge in [-0.15, -0.1) is 0 Å². The maximum Gasteiger partial charge on any atom is 0.257 e. The standard InChI is InChI=1S/C15H14N2O2/c18-15(12-5-3-9-17(19)10-12)16-14-8-7-11-4-1-2-6-13(11)14/h1-6,9-10,14H,7-8H2,(H,16,18)/t14-/m0/s1. The van der Waals surface area contributed by atoms with Gasteiger partial charge in [0.05, 0.1) is 6.04 Å². The minimum Gasteiger partial charge on any atom is -0.619 e. The third-order valence-electron chi connectivity index (χ3n) is 3.48. The summed E-state index contributed by atoms with van der Waals surface area (Å²) in [6, 6.07) is 11.4. The van der Waals surface area contributed by atoms with Crippen molar-refractivity contribution >= 4 is 5.91 Å². The number of rotatable bonds is 2. The Morgan fingerprint density at radius 1 is 1.26 bits per heavy atom. The topological polar surface area (TPSA) is 56.0 Å². The van der Waals surface area contributed by atoms with E-state index in [-0.39, 0.29) is 11.9 Å². The van der Waals surface area contributed by atoms with E-state index in [1.165, 1.54) is 23.5 Å². The van der Waals surface area contributed by atoms with Crippen LogP contribution in [0.4, 0.5) is 0 Å². The molecule has 19 heavy (non-hydrogen) atoms. The lowest BCUT2D eigenvalue weighted by atomic mass is 10.1. The van der Waals surface area contributed by atoms with Gasteiger partial charge >= 0.3 is 0 Å². The molecular formula is C15H14N2O2. The summed E-state index contributed by atoms with van der Waals surface area (Å²) in [6.07, 6.45) is 4.55. The number of carbonyl (C=O) groups is 1. The van der Waals surface area contributed by atoms with Crippen LogP contribution in [0, 0.1) is 5.21 Å². The van der Waals surface area contributed by atoms with E-state index in [0.717, 1.165) is 12.8 Å². The van der Waals surface area contributed by atoms with Crippen molar-refractivity contribution in [1.82, 2.24) is 5.32 Å². The number of carbonyl (C=O) groups excluding carboxylic acids is 1. The minimum atomic E-state index is -0.202. The van der Waals surface area contributed by atoms with Crippen molar-refractivity contribution < 1.29 is 9.52 Å². The molecule has 0 unspecified atom stereocenters. The summed E-state index contributed by atoms with van der Waals surface area (Å²) in [5, 5.41) is 14.2. The summed E-state index contributed by atoms with van der Waals surface area (Å²) >= 11 is 0. The van der Waals surface area contributed by atoms with Crippen LogP contribution in [0.1, 0.15) is 33.9 Å². The SMILES string of the molecule is O=C(N[C@H]1CCc2ccccc21)c1ccc[n+]([O-])c1. The largest absolute Gasteiger partial charge is 0.619 e. The van der Waals surface area contributed by atoms with Crippen molar-refractivity contribution in [2.75, 3.05) is 0 Å². The van der Waals surface area contributed by atoms with Gasteiger partial charge in [-0.1, -0.05) is 24.3 Å². The van der Waals surface area contributed by atoms with Crippen LogP contribution in [0.25, 0.3) is 0 Å². The monoisotopic (exact) mass is 254 g/mol. The second-order valence-electron chi connectivity index (χ2n) is 4.72. The number of aryl methyl sites for hydroxylation is 1. The molecule has 0 bridgehead atoms. The normalized spacial score (nSPS) is 16.9. The Hall–Kier alpha value is -2.36. The molecule has 4 nitrogen and oxygen atoms in total. The molecule has 0 radical (unpaired) electrons. The van der Waals surface area contributed by atoms with Gasteiger partial charge in [-0.05, 0) is 30.0 Å². The zero-order chi connectivity index (χ0) is 13.2. The average molecular weight is 254 g/mol. The number of nitrogens with one attached hydrogen (secondary N) is 1. The van der Waals surface area contributed by atoms with Gasteiger partial charge in [-0.25, -0.2) is 0 Å². The van der Waals surface area contributed by atoms with Crippen LogP contribution < -0.4 is 10.0 Å². The lowest BCUT2D eigenvalue weighted by Crippen LogP contribution is -2.31. The van der Waals surface area contributed by atoms with Gasteiger partial charge in [-0.3, -0.25) is 4.79 Å². The van der Waals surface area contributed by atoms with E-state index >= 15 is 0 Å².